The quantitative estimate of drug-likeness (QED) is 0.328. The molecule has 0 radical (unpaired) electrons. The zero-order chi connectivity index (χ0) is 24.9. The van der Waals surface area contributed by atoms with Crippen LogP contribution < -0.4 is 15.1 Å². The zero-order valence-corrected chi connectivity index (χ0v) is 20.3. The first kappa shape index (κ1) is 23.3. The molecule has 2 heterocycles. The van der Waals surface area contributed by atoms with E-state index in [0.29, 0.717) is 24.0 Å². The third-order valence-corrected chi connectivity index (χ3v) is 6.00. The molecule has 9 heteroatoms. The summed E-state index contributed by atoms with van der Waals surface area (Å²) < 4.78 is 7.90. The van der Waals surface area contributed by atoms with Crippen LogP contribution in [0.3, 0.4) is 0 Å². The van der Waals surface area contributed by atoms with Gasteiger partial charge in [0.2, 0.25) is 11.3 Å². The van der Waals surface area contributed by atoms with E-state index < -0.39 is 0 Å². The van der Waals surface area contributed by atoms with E-state index in [1.54, 1.807) is 12.3 Å². The molecule has 0 fully saturated rings. The fraction of sp³-hybridized carbons (Fsp3) is 0.111. The van der Waals surface area contributed by atoms with Gasteiger partial charge < -0.3 is 14.2 Å². The molecule has 0 amide bonds. The maximum Gasteiger partial charge on any atom is 0.223 e. The number of aromatic amines is 1. The summed E-state index contributed by atoms with van der Waals surface area (Å²) in [4.78, 5) is 15.1. The first-order chi connectivity index (χ1) is 17.6. The van der Waals surface area contributed by atoms with Crippen molar-refractivity contribution in [2.75, 3.05) is 11.9 Å². The molecule has 180 valence electrons. The van der Waals surface area contributed by atoms with E-state index in [9.17, 15) is 4.79 Å². The van der Waals surface area contributed by atoms with Crippen LogP contribution in [0.5, 0.6) is 5.75 Å². The lowest BCUT2D eigenvalue weighted by Gasteiger charge is -2.23. The van der Waals surface area contributed by atoms with E-state index in [2.05, 4.69) is 25.5 Å². The number of tetrazole rings is 1. The molecule has 0 saturated heterocycles. The minimum atomic E-state index is -0.176. The molecule has 3 aromatic carbocycles. The topological polar surface area (TPSA) is 88.9 Å². The van der Waals surface area contributed by atoms with E-state index in [4.69, 9.17) is 16.3 Å². The monoisotopic (exact) mass is 498 g/mol. The van der Waals surface area contributed by atoms with Gasteiger partial charge in [0, 0.05) is 40.8 Å². The Morgan fingerprint density at radius 2 is 1.75 bits per heavy atom. The first-order valence-electron chi connectivity index (χ1n) is 11.3. The Bertz CT molecular complexity index is 1480. The molecule has 0 saturated carbocycles. The molecule has 36 heavy (non-hydrogen) atoms. The molecule has 0 spiro atoms. The van der Waals surface area contributed by atoms with Crippen molar-refractivity contribution in [1.29, 1.82) is 0 Å². The van der Waals surface area contributed by atoms with Gasteiger partial charge in [-0.3, -0.25) is 4.79 Å². The number of benzene rings is 3. The average molecular weight is 499 g/mol. The van der Waals surface area contributed by atoms with E-state index in [0.717, 1.165) is 28.2 Å². The van der Waals surface area contributed by atoms with Crippen LogP contribution in [0.4, 0.5) is 5.69 Å². The van der Waals surface area contributed by atoms with Crippen LogP contribution in [0.15, 0.2) is 95.9 Å². The molecule has 5 rings (SSSR count). The highest BCUT2D eigenvalue weighted by molar-refractivity contribution is 6.30. The lowest BCUT2D eigenvalue weighted by atomic mass is 10.2. The van der Waals surface area contributed by atoms with Crippen LogP contribution >= 0.6 is 11.6 Å². The summed E-state index contributed by atoms with van der Waals surface area (Å²) in [6, 6.07) is 26.7. The first-order valence-corrected chi connectivity index (χ1v) is 11.7. The molecule has 0 atom stereocenters. The molecular formula is C27H23ClN6O2. The normalized spacial score (nSPS) is 10.8. The van der Waals surface area contributed by atoms with Crippen molar-refractivity contribution < 1.29 is 4.74 Å². The van der Waals surface area contributed by atoms with Crippen molar-refractivity contribution in [1.82, 2.24) is 25.2 Å². The second kappa shape index (κ2) is 10.5. The van der Waals surface area contributed by atoms with Crippen molar-refractivity contribution in [2.24, 2.45) is 0 Å². The average Bonchev–Trinajstić information content (AvgIpc) is 3.44. The number of aromatic nitrogens is 5. The number of H-pyrrole nitrogens is 1. The van der Waals surface area contributed by atoms with Crippen LogP contribution in [-0.4, -0.2) is 32.2 Å². The third-order valence-electron chi connectivity index (χ3n) is 5.75. The Kier molecular flexibility index (Phi) is 6.77. The number of hydrogen-bond acceptors (Lipinski definition) is 6. The number of pyridine rings is 1. The number of ether oxygens (including phenoxy) is 1. The van der Waals surface area contributed by atoms with Crippen molar-refractivity contribution in [3.63, 3.8) is 0 Å². The molecule has 5 aromatic rings. The molecule has 0 aliphatic carbocycles. The zero-order valence-electron chi connectivity index (χ0n) is 19.5. The van der Waals surface area contributed by atoms with E-state index in [1.807, 2.05) is 90.5 Å². The van der Waals surface area contributed by atoms with Gasteiger partial charge in [-0.15, -0.1) is 10.2 Å². The van der Waals surface area contributed by atoms with Gasteiger partial charge in [0.05, 0.1) is 12.7 Å². The Morgan fingerprint density at radius 1 is 1.00 bits per heavy atom. The van der Waals surface area contributed by atoms with Crippen LogP contribution in [0.2, 0.25) is 5.02 Å². The van der Waals surface area contributed by atoms with Crippen molar-refractivity contribution in [3.8, 4) is 22.8 Å². The lowest BCUT2D eigenvalue weighted by Crippen LogP contribution is -2.22. The summed E-state index contributed by atoms with van der Waals surface area (Å²) in [7, 11) is 1.97. The van der Waals surface area contributed by atoms with Crippen molar-refractivity contribution >= 4 is 17.3 Å². The largest absolute Gasteiger partial charge is 0.483 e. The number of hydrogen-bond donors (Lipinski definition) is 1. The number of nitrogens with one attached hydrogen (secondary N) is 1. The van der Waals surface area contributed by atoms with E-state index >= 15 is 0 Å². The molecule has 0 bridgehead atoms. The van der Waals surface area contributed by atoms with Gasteiger partial charge in [-0.05, 0) is 59.3 Å². The molecule has 1 N–H and O–H groups in total. The van der Waals surface area contributed by atoms with Gasteiger partial charge in [-0.25, -0.2) is 0 Å². The summed E-state index contributed by atoms with van der Waals surface area (Å²) in [5.41, 5.74) is 4.29. The Balaban J connectivity index is 1.49. The van der Waals surface area contributed by atoms with Gasteiger partial charge in [-0.2, -0.15) is 5.21 Å². The SMILES string of the molecule is CN(Cc1cc(=O)c(OCc2ccccc2)cn1-c1ccc(-c2nn[nH]n2)cc1)c1ccc(Cl)cc1. The maximum absolute atomic E-state index is 13.0. The summed E-state index contributed by atoms with van der Waals surface area (Å²) in [5.74, 6) is 0.787. The second-order valence-corrected chi connectivity index (χ2v) is 8.69. The highest BCUT2D eigenvalue weighted by Crippen LogP contribution is 2.23. The molecular weight excluding hydrogens is 476 g/mol. The number of halogens is 1. The van der Waals surface area contributed by atoms with Crippen molar-refractivity contribution in [3.05, 3.63) is 118 Å². The fourth-order valence-corrected chi connectivity index (χ4v) is 3.97. The van der Waals surface area contributed by atoms with Gasteiger partial charge in [-0.1, -0.05) is 41.9 Å². The molecule has 0 aliphatic heterocycles. The summed E-state index contributed by atoms with van der Waals surface area (Å²) in [6.45, 7) is 0.791. The minimum Gasteiger partial charge on any atom is -0.483 e. The Labute approximate surface area is 212 Å². The summed E-state index contributed by atoms with van der Waals surface area (Å²) in [5, 5.41) is 14.8. The van der Waals surface area contributed by atoms with Crippen LogP contribution in [0, 0.1) is 0 Å². The van der Waals surface area contributed by atoms with Gasteiger partial charge in [0.15, 0.2) is 5.75 Å². The maximum atomic E-state index is 13.0. The Morgan fingerprint density at radius 3 is 2.44 bits per heavy atom. The van der Waals surface area contributed by atoms with Crippen LogP contribution in [-0.2, 0) is 13.2 Å². The fourth-order valence-electron chi connectivity index (χ4n) is 3.85. The summed E-state index contributed by atoms with van der Waals surface area (Å²) in [6.07, 6.45) is 1.75. The predicted molar refractivity (Wildman–Crippen MR) is 140 cm³/mol. The smallest absolute Gasteiger partial charge is 0.223 e. The van der Waals surface area contributed by atoms with Crippen LogP contribution in [0.1, 0.15) is 11.3 Å². The number of nitrogens with zero attached hydrogens (tertiary/aromatic N) is 5. The number of anilines is 1. The van der Waals surface area contributed by atoms with Crippen LogP contribution in [0.25, 0.3) is 17.1 Å². The van der Waals surface area contributed by atoms with Gasteiger partial charge >= 0.3 is 0 Å². The Hall–Kier alpha value is -4.43. The second-order valence-electron chi connectivity index (χ2n) is 8.25. The lowest BCUT2D eigenvalue weighted by molar-refractivity contribution is 0.301. The molecule has 8 nitrogen and oxygen atoms in total. The third kappa shape index (κ3) is 5.29. The molecule has 2 aromatic heterocycles. The highest BCUT2D eigenvalue weighted by Gasteiger charge is 2.13. The predicted octanol–water partition coefficient (Wildman–Crippen LogP) is 4.89. The molecule has 0 unspecified atom stereocenters. The highest BCUT2D eigenvalue weighted by atomic mass is 35.5. The van der Waals surface area contributed by atoms with Crippen molar-refractivity contribution in [2.45, 2.75) is 13.2 Å². The van der Waals surface area contributed by atoms with Gasteiger partial charge in [0.25, 0.3) is 0 Å². The standard InChI is InChI=1S/C27H23ClN6O2/c1-33(22-13-9-21(28)10-14-22)16-24-15-25(35)26(36-18-19-5-3-2-4-6-19)17-34(24)23-11-7-20(8-12-23)27-29-31-32-30-27/h2-15,17H,16,18H2,1H3,(H,29,30,31,32). The van der Waals surface area contributed by atoms with Gasteiger partial charge in [0.1, 0.15) is 6.61 Å². The summed E-state index contributed by atoms with van der Waals surface area (Å²) >= 11 is 6.05. The minimum absolute atomic E-state index is 0.176. The number of rotatable bonds is 8. The van der Waals surface area contributed by atoms with E-state index in [1.165, 1.54) is 0 Å². The molecule has 0 aliphatic rings. The van der Waals surface area contributed by atoms with E-state index in [-0.39, 0.29) is 11.2 Å².